The molecule has 0 amide bonds. The lowest BCUT2D eigenvalue weighted by Crippen LogP contribution is -2.49. The van der Waals surface area contributed by atoms with Crippen LogP contribution in [0.5, 0.6) is 0 Å². The molecule has 0 aromatic rings. The molecule has 0 bridgehead atoms. The molecule has 1 heterocycles. The smallest absolute Gasteiger partial charge is 0.325 e. The summed E-state index contributed by atoms with van der Waals surface area (Å²) in [6.45, 7) is 0. The minimum atomic E-state index is -4.32. The van der Waals surface area contributed by atoms with Crippen molar-refractivity contribution in [3.63, 3.8) is 0 Å². The first-order valence-electron chi connectivity index (χ1n) is 4.18. The Balaban J connectivity index is 2.63. The number of rotatable bonds is 1. The van der Waals surface area contributed by atoms with Gasteiger partial charge in [-0.2, -0.15) is 13.2 Å². The molecule has 0 radical (unpaired) electrons. The second-order valence-corrected chi connectivity index (χ2v) is 6.11. The fraction of sp³-hybridized carbons (Fsp3) is 1.00. The van der Waals surface area contributed by atoms with E-state index in [0.29, 0.717) is 0 Å². The highest BCUT2D eigenvalue weighted by Gasteiger charge is 2.43. The molecule has 1 aliphatic rings. The first kappa shape index (κ1) is 11.8. The van der Waals surface area contributed by atoms with Gasteiger partial charge in [0.1, 0.15) is 9.84 Å². The Kier molecular flexibility index (Phi) is 2.84. The summed E-state index contributed by atoms with van der Waals surface area (Å²) in [4.78, 5) is 0. The number of sulfone groups is 1. The van der Waals surface area contributed by atoms with Crippen LogP contribution in [-0.2, 0) is 9.84 Å². The Labute approximate surface area is 80.4 Å². The Hall–Kier alpha value is -0.300. The third-order valence-electron chi connectivity index (χ3n) is 2.37. The van der Waals surface area contributed by atoms with Gasteiger partial charge in [-0.3, -0.25) is 0 Å². The quantitative estimate of drug-likeness (QED) is 0.727. The van der Waals surface area contributed by atoms with Crippen LogP contribution in [-0.4, -0.2) is 31.6 Å². The maximum Gasteiger partial charge on any atom is 0.390 e. The minimum absolute atomic E-state index is 0.102. The van der Waals surface area contributed by atoms with Gasteiger partial charge in [0, 0.05) is 5.54 Å². The summed E-state index contributed by atoms with van der Waals surface area (Å²) in [6.07, 6.45) is -5.63. The molecular formula is C7H12F3NO2S. The molecule has 0 aromatic heterocycles. The fourth-order valence-electron chi connectivity index (χ4n) is 1.52. The van der Waals surface area contributed by atoms with Crippen LogP contribution in [0.25, 0.3) is 0 Å². The van der Waals surface area contributed by atoms with E-state index < -0.39 is 28.0 Å². The summed E-state index contributed by atoms with van der Waals surface area (Å²) in [5.41, 5.74) is 4.10. The zero-order valence-corrected chi connectivity index (χ0v) is 8.29. The molecule has 3 nitrogen and oxygen atoms in total. The van der Waals surface area contributed by atoms with Crippen molar-refractivity contribution in [1.29, 1.82) is 0 Å². The van der Waals surface area contributed by atoms with Crippen LogP contribution in [0.4, 0.5) is 13.2 Å². The van der Waals surface area contributed by atoms with Gasteiger partial charge in [0.15, 0.2) is 0 Å². The number of halogens is 3. The molecule has 0 saturated carbocycles. The number of nitrogens with two attached hydrogens (primary N) is 1. The molecule has 2 N–H and O–H groups in total. The van der Waals surface area contributed by atoms with Gasteiger partial charge in [0.25, 0.3) is 0 Å². The number of alkyl halides is 3. The zero-order valence-electron chi connectivity index (χ0n) is 7.47. The maximum absolute atomic E-state index is 12.0. The highest BCUT2D eigenvalue weighted by molar-refractivity contribution is 7.91. The van der Waals surface area contributed by atoms with E-state index in [-0.39, 0.29) is 24.3 Å². The molecule has 84 valence electrons. The molecule has 1 fully saturated rings. The van der Waals surface area contributed by atoms with Crippen LogP contribution < -0.4 is 5.73 Å². The molecular weight excluding hydrogens is 219 g/mol. The first-order valence-corrected chi connectivity index (χ1v) is 6.00. The normalized spacial score (nSPS) is 26.0. The van der Waals surface area contributed by atoms with Crippen molar-refractivity contribution in [2.75, 3.05) is 11.5 Å². The molecule has 1 saturated heterocycles. The van der Waals surface area contributed by atoms with Crippen molar-refractivity contribution in [2.45, 2.75) is 31.0 Å². The molecule has 0 unspecified atom stereocenters. The van der Waals surface area contributed by atoms with Crippen molar-refractivity contribution in [3.05, 3.63) is 0 Å². The lowest BCUT2D eigenvalue weighted by atomic mass is 9.90. The molecule has 7 heteroatoms. The summed E-state index contributed by atoms with van der Waals surface area (Å²) in [5.74, 6) is -0.473. The van der Waals surface area contributed by atoms with Gasteiger partial charge in [-0.1, -0.05) is 0 Å². The second kappa shape index (κ2) is 3.37. The summed E-state index contributed by atoms with van der Waals surface area (Å²) in [6, 6.07) is 0. The van der Waals surface area contributed by atoms with Crippen molar-refractivity contribution in [1.82, 2.24) is 0 Å². The first-order chi connectivity index (χ1) is 6.12. The Bertz CT molecular complexity index is 295. The summed E-state index contributed by atoms with van der Waals surface area (Å²) in [5, 5.41) is 0. The van der Waals surface area contributed by atoms with E-state index in [1.54, 1.807) is 0 Å². The Morgan fingerprint density at radius 1 is 1.21 bits per heavy atom. The van der Waals surface area contributed by atoms with Gasteiger partial charge in [0.2, 0.25) is 0 Å². The summed E-state index contributed by atoms with van der Waals surface area (Å²) >= 11 is 0. The third-order valence-corrected chi connectivity index (χ3v) is 4.03. The van der Waals surface area contributed by atoms with Crippen LogP contribution >= 0.6 is 0 Å². The van der Waals surface area contributed by atoms with Crippen molar-refractivity contribution < 1.29 is 21.6 Å². The fourth-order valence-corrected chi connectivity index (χ4v) is 3.16. The molecule has 0 spiro atoms. The van der Waals surface area contributed by atoms with E-state index in [0.717, 1.165) is 0 Å². The molecule has 1 rings (SSSR count). The molecule has 1 aliphatic heterocycles. The van der Waals surface area contributed by atoms with Crippen LogP contribution in [0, 0.1) is 0 Å². The number of hydrogen-bond donors (Lipinski definition) is 1. The van der Waals surface area contributed by atoms with Gasteiger partial charge >= 0.3 is 6.18 Å². The highest BCUT2D eigenvalue weighted by Crippen LogP contribution is 2.33. The predicted octanol–water partition coefficient (Wildman–Crippen LogP) is 0.845. The van der Waals surface area contributed by atoms with Crippen LogP contribution in [0.2, 0.25) is 0 Å². The van der Waals surface area contributed by atoms with Gasteiger partial charge in [-0.25, -0.2) is 8.42 Å². The van der Waals surface area contributed by atoms with Crippen molar-refractivity contribution in [3.8, 4) is 0 Å². The maximum atomic E-state index is 12.0. The zero-order chi connectivity index (χ0) is 11.0. The lowest BCUT2D eigenvalue weighted by Gasteiger charge is -2.33. The topological polar surface area (TPSA) is 60.2 Å². The Morgan fingerprint density at radius 3 is 2.00 bits per heavy atom. The van der Waals surface area contributed by atoms with Gasteiger partial charge in [-0.15, -0.1) is 0 Å². The molecule has 0 atom stereocenters. The van der Waals surface area contributed by atoms with Crippen LogP contribution in [0.1, 0.15) is 19.3 Å². The monoisotopic (exact) mass is 231 g/mol. The van der Waals surface area contributed by atoms with Crippen LogP contribution in [0.3, 0.4) is 0 Å². The molecule has 0 aromatic carbocycles. The van der Waals surface area contributed by atoms with Gasteiger partial charge in [0.05, 0.1) is 17.9 Å². The van der Waals surface area contributed by atoms with E-state index in [2.05, 4.69) is 0 Å². The van der Waals surface area contributed by atoms with Crippen molar-refractivity contribution in [2.24, 2.45) is 5.73 Å². The average molecular weight is 231 g/mol. The SMILES string of the molecule is NC1(CC(F)(F)F)CCS(=O)(=O)CC1. The Morgan fingerprint density at radius 2 is 1.64 bits per heavy atom. The molecule has 0 aliphatic carbocycles. The van der Waals surface area contributed by atoms with Crippen LogP contribution in [0.15, 0.2) is 0 Å². The van der Waals surface area contributed by atoms with E-state index in [1.807, 2.05) is 0 Å². The molecule has 14 heavy (non-hydrogen) atoms. The van der Waals surface area contributed by atoms with E-state index >= 15 is 0 Å². The van der Waals surface area contributed by atoms with Gasteiger partial charge < -0.3 is 5.73 Å². The largest absolute Gasteiger partial charge is 0.390 e. The second-order valence-electron chi connectivity index (χ2n) is 3.81. The lowest BCUT2D eigenvalue weighted by molar-refractivity contribution is -0.148. The standard InChI is InChI=1S/C7H12F3NO2S/c8-7(9,10)5-6(11)1-3-14(12,13)4-2-6/h1-5,11H2. The third kappa shape index (κ3) is 3.45. The van der Waals surface area contributed by atoms with E-state index in [9.17, 15) is 21.6 Å². The van der Waals surface area contributed by atoms with Crippen molar-refractivity contribution >= 4 is 9.84 Å². The summed E-state index contributed by atoms with van der Waals surface area (Å²) < 4.78 is 58.1. The van der Waals surface area contributed by atoms with E-state index in [4.69, 9.17) is 5.73 Å². The summed E-state index contributed by atoms with van der Waals surface area (Å²) in [7, 11) is -3.16. The number of hydrogen-bond acceptors (Lipinski definition) is 3. The average Bonchev–Trinajstić information content (AvgIpc) is 1.93. The van der Waals surface area contributed by atoms with Gasteiger partial charge in [-0.05, 0) is 12.8 Å². The highest BCUT2D eigenvalue weighted by atomic mass is 32.2. The minimum Gasteiger partial charge on any atom is -0.325 e. The van der Waals surface area contributed by atoms with E-state index in [1.165, 1.54) is 0 Å². The predicted molar refractivity (Wildman–Crippen MR) is 45.5 cm³/mol.